The molecule has 86 valence electrons. The van der Waals surface area contributed by atoms with Gasteiger partial charge in [-0.15, -0.1) is 0 Å². The predicted molar refractivity (Wildman–Crippen MR) is 65.4 cm³/mol. The average molecular weight is 218 g/mol. The third-order valence-electron chi connectivity index (χ3n) is 2.82. The fourth-order valence-electron chi connectivity index (χ4n) is 1.96. The van der Waals surface area contributed by atoms with Crippen molar-refractivity contribution in [3.63, 3.8) is 0 Å². The second-order valence-corrected chi connectivity index (χ2v) is 4.16. The van der Waals surface area contributed by atoms with Crippen molar-refractivity contribution in [2.75, 3.05) is 0 Å². The van der Waals surface area contributed by atoms with Gasteiger partial charge in [0, 0.05) is 13.0 Å². The Morgan fingerprint density at radius 1 is 1.38 bits per heavy atom. The first-order valence-corrected chi connectivity index (χ1v) is 5.84. The number of nitrogens with zero attached hydrogens (tertiary/aromatic N) is 2. The normalized spacial score (nSPS) is 13.2. The van der Waals surface area contributed by atoms with E-state index in [1.807, 2.05) is 25.1 Å². The molecule has 1 unspecified atom stereocenters. The molecule has 0 bridgehead atoms. The number of aromatic nitrogens is 2. The Morgan fingerprint density at radius 2 is 2.12 bits per heavy atom. The van der Waals surface area contributed by atoms with E-state index in [1.165, 1.54) is 5.52 Å². The van der Waals surface area contributed by atoms with Gasteiger partial charge in [-0.05, 0) is 25.5 Å². The summed E-state index contributed by atoms with van der Waals surface area (Å²) in [7, 11) is 0. The SMILES string of the molecule is CCc1nc2ccccc2n1CCC(C)O. The molecule has 0 aliphatic heterocycles. The molecular formula is C13H18N2O. The summed E-state index contributed by atoms with van der Waals surface area (Å²) >= 11 is 0. The van der Waals surface area contributed by atoms with E-state index in [9.17, 15) is 5.11 Å². The average Bonchev–Trinajstić information content (AvgIpc) is 2.64. The lowest BCUT2D eigenvalue weighted by atomic mass is 10.2. The van der Waals surface area contributed by atoms with Crippen LogP contribution in [-0.2, 0) is 13.0 Å². The standard InChI is InChI=1S/C13H18N2O/c1-3-13-14-11-6-4-5-7-12(11)15(13)9-8-10(2)16/h4-7,10,16H,3,8-9H2,1-2H3. The number of hydrogen-bond donors (Lipinski definition) is 1. The Labute approximate surface area is 95.7 Å². The van der Waals surface area contributed by atoms with Crippen molar-refractivity contribution in [3.8, 4) is 0 Å². The fraction of sp³-hybridized carbons (Fsp3) is 0.462. The summed E-state index contributed by atoms with van der Waals surface area (Å²) in [6, 6.07) is 8.16. The van der Waals surface area contributed by atoms with Crippen molar-refractivity contribution < 1.29 is 5.11 Å². The maximum absolute atomic E-state index is 9.35. The summed E-state index contributed by atoms with van der Waals surface area (Å²) < 4.78 is 2.21. The summed E-state index contributed by atoms with van der Waals surface area (Å²) in [5.41, 5.74) is 2.21. The van der Waals surface area contributed by atoms with Crippen LogP contribution < -0.4 is 0 Å². The molecule has 0 radical (unpaired) electrons. The highest BCUT2D eigenvalue weighted by Gasteiger charge is 2.08. The number of aryl methyl sites for hydroxylation is 2. The number of rotatable bonds is 4. The van der Waals surface area contributed by atoms with Crippen LogP contribution in [0.3, 0.4) is 0 Å². The number of aliphatic hydroxyl groups excluding tert-OH is 1. The largest absolute Gasteiger partial charge is 0.393 e. The van der Waals surface area contributed by atoms with Crippen LogP contribution in [0.1, 0.15) is 26.1 Å². The van der Waals surface area contributed by atoms with Crippen LogP contribution in [0.5, 0.6) is 0 Å². The number of fused-ring (bicyclic) bond motifs is 1. The van der Waals surface area contributed by atoms with E-state index in [1.54, 1.807) is 0 Å². The van der Waals surface area contributed by atoms with Gasteiger partial charge in [-0.3, -0.25) is 0 Å². The van der Waals surface area contributed by atoms with Crippen molar-refractivity contribution in [1.29, 1.82) is 0 Å². The van der Waals surface area contributed by atoms with Crippen LogP contribution in [-0.4, -0.2) is 20.8 Å². The molecule has 0 aliphatic rings. The van der Waals surface area contributed by atoms with E-state index in [0.717, 1.165) is 30.7 Å². The summed E-state index contributed by atoms with van der Waals surface area (Å²) in [5, 5.41) is 9.35. The maximum Gasteiger partial charge on any atom is 0.109 e. The molecule has 16 heavy (non-hydrogen) atoms. The van der Waals surface area contributed by atoms with Gasteiger partial charge in [0.05, 0.1) is 17.1 Å². The minimum absolute atomic E-state index is 0.258. The molecule has 1 aromatic heterocycles. The van der Waals surface area contributed by atoms with Crippen molar-refractivity contribution >= 4 is 11.0 Å². The van der Waals surface area contributed by atoms with Gasteiger partial charge in [0.25, 0.3) is 0 Å². The lowest BCUT2D eigenvalue weighted by molar-refractivity contribution is 0.178. The lowest BCUT2D eigenvalue weighted by Gasteiger charge is -2.09. The van der Waals surface area contributed by atoms with Crippen molar-refractivity contribution in [2.45, 2.75) is 39.3 Å². The molecule has 0 fully saturated rings. The van der Waals surface area contributed by atoms with E-state index in [2.05, 4.69) is 22.5 Å². The van der Waals surface area contributed by atoms with Crippen molar-refractivity contribution in [3.05, 3.63) is 30.1 Å². The fourth-order valence-corrected chi connectivity index (χ4v) is 1.96. The molecule has 1 atom stereocenters. The Morgan fingerprint density at radius 3 is 2.81 bits per heavy atom. The molecule has 0 saturated heterocycles. The molecule has 0 amide bonds. The van der Waals surface area contributed by atoms with Crippen LogP contribution in [0.4, 0.5) is 0 Å². The minimum atomic E-state index is -0.258. The number of aliphatic hydroxyl groups is 1. The molecule has 3 heteroatoms. The topological polar surface area (TPSA) is 38.0 Å². The molecular weight excluding hydrogens is 200 g/mol. The van der Waals surface area contributed by atoms with E-state index < -0.39 is 0 Å². The monoisotopic (exact) mass is 218 g/mol. The molecule has 1 N–H and O–H groups in total. The Kier molecular flexibility index (Phi) is 3.25. The van der Waals surface area contributed by atoms with Crippen LogP contribution in [0, 0.1) is 0 Å². The first-order chi connectivity index (χ1) is 7.72. The van der Waals surface area contributed by atoms with Crippen LogP contribution in [0.25, 0.3) is 11.0 Å². The van der Waals surface area contributed by atoms with E-state index in [-0.39, 0.29) is 6.10 Å². The Hall–Kier alpha value is -1.35. The molecule has 2 aromatic rings. The first-order valence-electron chi connectivity index (χ1n) is 5.84. The zero-order valence-corrected chi connectivity index (χ0v) is 9.85. The van der Waals surface area contributed by atoms with E-state index in [4.69, 9.17) is 0 Å². The Balaban J connectivity index is 2.39. The lowest BCUT2D eigenvalue weighted by Crippen LogP contribution is -2.09. The molecule has 2 rings (SSSR count). The van der Waals surface area contributed by atoms with Gasteiger partial charge in [-0.1, -0.05) is 19.1 Å². The van der Waals surface area contributed by atoms with Crippen LogP contribution in [0.2, 0.25) is 0 Å². The van der Waals surface area contributed by atoms with Crippen LogP contribution >= 0.6 is 0 Å². The van der Waals surface area contributed by atoms with Crippen molar-refractivity contribution in [2.24, 2.45) is 0 Å². The predicted octanol–water partition coefficient (Wildman–Crippen LogP) is 2.37. The summed E-state index contributed by atoms with van der Waals surface area (Å²) in [6.45, 7) is 4.77. The molecule has 0 spiro atoms. The van der Waals surface area contributed by atoms with E-state index >= 15 is 0 Å². The smallest absolute Gasteiger partial charge is 0.109 e. The van der Waals surface area contributed by atoms with Gasteiger partial charge >= 0.3 is 0 Å². The molecule has 1 heterocycles. The number of hydrogen-bond acceptors (Lipinski definition) is 2. The highest BCUT2D eigenvalue weighted by molar-refractivity contribution is 5.75. The Bertz CT molecular complexity index is 474. The number of imidazole rings is 1. The number of para-hydroxylation sites is 2. The summed E-state index contributed by atoms with van der Waals surface area (Å²) in [4.78, 5) is 4.59. The maximum atomic E-state index is 9.35. The van der Waals surface area contributed by atoms with Gasteiger partial charge in [0.2, 0.25) is 0 Å². The van der Waals surface area contributed by atoms with Crippen LogP contribution in [0.15, 0.2) is 24.3 Å². The molecule has 0 saturated carbocycles. The zero-order valence-electron chi connectivity index (χ0n) is 9.85. The quantitative estimate of drug-likeness (QED) is 0.855. The third kappa shape index (κ3) is 2.09. The first kappa shape index (κ1) is 11.1. The highest BCUT2D eigenvalue weighted by Crippen LogP contribution is 2.17. The van der Waals surface area contributed by atoms with Gasteiger partial charge in [0.15, 0.2) is 0 Å². The highest BCUT2D eigenvalue weighted by atomic mass is 16.3. The second kappa shape index (κ2) is 4.66. The van der Waals surface area contributed by atoms with E-state index in [0.29, 0.717) is 0 Å². The van der Waals surface area contributed by atoms with Gasteiger partial charge < -0.3 is 9.67 Å². The molecule has 1 aromatic carbocycles. The summed E-state index contributed by atoms with van der Waals surface area (Å²) in [5.74, 6) is 1.10. The zero-order chi connectivity index (χ0) is 11.5. The second-order valence-electron chi connectivity index (χ2n) is 4.16. The third-order valence-corrected chi connectivity index (χ3v) is 2.82. The number of benzene rings is 1. The van der Waals surface area contributed by atoms with Gasteiger partial charge in [0.1, 0.15) is 5.82 Å². The van der Waals surface area contributed by atoms with Gasteiger partial charge in [-0.2, -0.15) is 0 Å². The van der Waals surface area contributed by atoms with Crippen molar-refractivity contribution in [1.82, 2.24) is 9.55 Å². The molecule has 3 nitrogen and oxygen atoms in total. The minimum Gasteiger partial charge on any atom is -0.393 e. The summed E-state index contributed by atoms with van der Waals surface area (Å²) in [6.07, 6.45) is 1.44. The molecule has 0 aliphatic carbocycles. The van der Waals surface area contributed by atoms with Gasteiger partial charge in [-0.25, -0.2) is 4.98 Å².